The highest BCUT2D eigenvalue weighted by Gasteiger charge is 2.14. The van der Waals surface area contributed by atoms with Crippen molar-refractivity contribution in [2.75, 3.05) is 30.9 Å². The van der Waals surface area contributed by atoms with Crippen molar-refractivity contribution in [2.24, 2.45) is 0 Å². The van der Waals surface area contributed by atoms with Crippen molar-refractivity contribution in [3.05, 3.63) is 96.1 Å². The van der Waals surface area contributed by atoms with E-state index in [1.165, 1.54) is 0 Å². The summed E-state index contributed by atoms with van der Waals surface area (Å²) in [5.74, 6) is -0.126. The molecule has 5 nitrogen and oxygen atoms in total. The lowest BCUT2D eigenvalue weighted by atomic mass is 10.1. The molecule has 0 radical (unpaired) electrons. The lowest BCUT2D eigenvalue weighted by Gasteiger charge is -2.19. The Morgan fingerprint density at radius 1 is 0.828 bits per heavy atom. The normalized spacial score (nSPS) is 10.3. The van der Waals surface area contributed by atoms with Gasteiger partial charge in [0.1, 0.15) is 0 Å². The summed E-state index contributed by atoms with van der Waals surface area (Å²) in [4.78, 5) is 28.5. The Kier molecular flexibility index (Phi) is 6.63. The number of carbonyl (C=O) groups excluding carboxylic acids is 2. The third-order valence-corrected chi connectivity index (χ3v) is 4.68. The van der Waals surface area contributed by atoms with E-state index >= 15 is 0 Å². The second kappa shape index (κ2) is 9.55. The maximum Gasteiger partial charge on any atom is 0.253 e. The van der Waals surface area contributed by atoms with Crippen molar-refractivity contribution in [1.82, 2.24) is 4.90 Å². The highest BCUT2D eigenvalue weighted by molar-refractivity contribution is 5.97. The molecule has 0 heterocycles. The molecule has 0 saturated heterocycles. The van der Waals surface area contributed by atoms with Crippen LogP contribution in [-0.2, 0) is 11.3 Å². The van der Waals surface area contributed by atoms with Crippen molar-refractivity contribution >= 4 is 23.2 Å². The number of amides is 2. The van der Waals surface area contributed by atoms with Crippen molar-refractivity contribution in [1.29, 1.82) is 0 Å². The number of nitrogens with zero attached hydrogens (tertiary/aromatic N) is 2. The van der Waals surface area contributed by atoms with Crippen LogP contribution in [0.5, 0.6) is 0 Å². The van der Waals surface area contributed by atoms with E-state index in [2.05, 4.69) is 5.32 Å². The number of rotatable bonds is 7. The molecule has 29 heavy (non-hydrogen) atoms. The molecule has 3 aromatic rings. The first-order valence-corrected chi connectivity index (χ1v) is 9.49. The summed E-state index contributed by atoms with van der Waals surface area (Å²) in [5, 5.41) is 3.12. The van der Waals surface area contributed by atoms with Crippen LogP contribution in [0.3, 0.4) is 0 Å². The molecule has 2 amide bonds. The van der Waals surface area contributed by atoms with E-state index in [9.17, 15) is 9.59 Å². The second-order valence-corrected chi connectivity index (χ2v) is 6.87. The summed E-state index contributed by atoms with van der Waals surface area (Å²) in [6.07, 6.45) is 0. The van der Waals surface area contributed by atoms with Crippen LogP contribution >= 0.6 is 0 Å². The Labute approximate surface area is 171 Å². The Morgan fingerprint density at radius 2 is 1.48 bits per heavy atom. The first-order valence-electron chi connectivity index (χ1n) is 9.49. The molecule has 0 fully saturated rings. The van der Waals surface area contributed by atoms with Gasteiger partial charge in [0.15, 0.2) is 0 Å². The van der Waals surface area contributed by atoms with Crippen LogP contribution in [0, 0.1) is 0 Å². The van der Waals surface area contributed by atoms with E-state index in [1.54, 1.807) is 36.0 Å². The molecule has 1 N–H and O–H groups in total. The van der Waals surface area contributed by atoms with Gasteiger partial charge >= 0.3 is 0 Å². The molecule has 0 unspecified atom stereocenters. The van der Waals surface area contributed by atoms with Gasteiger partial charge in [0.05, 0.1) is 6.54 Å². The van der Waals surface area contributed by atoms with Gasteiger partial charge < -0.3 is 15.1 Å². The van der Waals surface area contributed by atoms with Crippen LogP contribution in [0.25, 0.3) is 0 Å². The fourth-order valence-corrected chi connectivity index (χ4v) is 3.00. The van der Waals surface area contributed by atoms with Gasteiger partial charge in [0, 0.05) is 37.6 Å². The first kappa shape index (κ1) is 20.1. The van der Waals surface area contributed by atoms with Gasteiger partial charge in [0.25, 0.3) is 5.91 Å². The highest BCUT2D eigenvalue weighted by atomic mass is 16.2. The fraction of sp³-hybridized carbons (Fsp3) is 0.167. The third-order valence-electron chi connectivity index (χ3n) is 4.68. The molecule has 0 aliphatic rings. The molecule has 0 bridgehead atoms. The van der Waals surface area contributed by atoms with Crippen molar-refractivity contribution < 1.29 is 9.59 Å². The number of anilines is 2. The molecule has 0 aromatic heterocycles. The minimum Gasteiger partial charge on any atom is -0.376 e. The zero-order chi connectivity index (χ0) is 20.6. The Balaban J connectivity index is 1.60. The molecule has 3 rings (SSSR count). The second-order valence-electron chi connectivity index (χ2n) is 6.87. The molecule has 0 saturated carbocycles. The zero-order valence-corrected chi connectivity index (χ0v) is 16.7. The number of carbonyl (C=O) groups is 2. The summed E-state index contributed by atoms with van der Waals surface area (Å²) in [6.45, 7) is 0.681. The maximum atomic E-state index is 12.8. The van der Waals surface area contributed by atoms with E-state index in [0.717, 1.165) is 16.9 Å². The lowest BCUT2D eigenvalue weighted by molar-refractivity contribution is -0.116. The van der Waals surface area contributed by atoms with Crippen LogP contribution in [-0.4, -0.2) is 37.4 Å². The summed E-state index contributed by atoms with van der Waals surface area (Å²) in [7, 11) is 3.53. The average molecular weight is 387 g/mol. The molecular weight excluding hydrogens is 362 g/mol. The quantitative estimate of drug-likeness (QED) is 0.666. The summed E-state index contributed by atoms with van der Waals surface area (Å²) in [6, 6.07) is 26.6. The summed E-state index contributed by atoms with van der Waals surface area (Å²) in [5.41, 5.74) is 3.23. The van der Waals surface area contributed by atoms with Gasteiger partial charge in [-0.1, -0.05) is 54.6 Å². The van der Waals surface area contributed by atoms with Crippen molar-refractivity contribution in [3.8, 4) is 0 Å². The Bertz CT molecular complexity index is 958. The van der Waals surface area contributed by atoms with Gasteiger partial charge in [-0.05, 0) is 35.9 Å². The molecule has 5 heteroatoms. The number of nitrogens with one attached hydrogen (secondary N) is 1. The van der Waals surface area contributed by atoms with Crippen LogP contribution in [0.1, 0.15) is 15.9 Å². The van der Waals surface area contributed by atoms with Gasteiger partial charge in [-0.15, -0.1) is 0 Å². The topological polar surface area (TPSA) is 52.7 Å². The molecular formula is C24H25N3O2. The minimum absolute atomic E-state index is 0.0610. The minimum atomic E-state index is -0.0646. The highest BCUT2D eigenvalue weighted by Crippen LogP contribution is 2.15. The number of hydrogen-bond donors (Lipinski definition) is 1. The first-order chi connectivity index (χ1) is 14.0. The van der Waals surface area contributed by atoms with Gasteiger partial charge in [-0.2, -0.15) is 0 Å². The SMILES string of the molecule is CN(Cc1ccccc1)C(=O)c1cccc(NCC(=O)N(C)c2ccccc2)c1. The molecule has 0 spiro atoms. The van der Waals surface area contributed by atoms with E-state index in [4.69, 9.17) is 0 Å². The predicted molar refractivity (Wildman–Crippen MR) is 117 cm³/mol. The van der Waals surface area contributed by atoms with Crippen molar-refractivity contribution in [3.63, 3.8) is 0 Å². The number of hydrogen-bond acceptors (Lipinski definition) is 3. The zero-order valence-electron chi connectivity index (χ0n) is 16.7. The van der Waals surface area contributed by atoms with E-state index in [0.29, 0.717) is 12.1 Å². The van der Waals surface area contributed by atoms with E-state index < -0.39 is 0 Å². The smallest absolute Gasteiger partial charge is 0.253 e. The Hall–Kier alpha value is -3.60. The van der Waals surface area contributed by atoms with E-state index in [-0.39, 0.29) is 18.4 Å². The number of likely N-dealkylation sites (N-methyl/N-ethyl adjacent to an activating group) is 1. The third kappa shape index (κ3) is 5.45. The predicted octanol–water partition coefficient (Wildman–Crippen LogP) is 4.03. The molecule has 3 aromatic carbocycles. The average Bonchev–Trinajstić information content (AvgIpc) is 2.78. The molecule has 0 aliphatic heterocycles. The van der Waals surface area contributed by atoms with Gasteiger partial charge in [-0.3, -0.25) is 9.59 Å². The lowest BCUT2D eigenvalue weighted by Crippen LogP contribution is -2.32. The van der Waals surface area contributed by atoms with Crippen LogP contribution in [0.4, 0.5) is 11.4 Å². The van der Waals surface area contributed by atoms with Crippen LogP contribution in [0.2, 0.25) is 0 Å². The molecule has 0 aliphatic carbocycles. The molecule has 0 atom stereocenters. The standard InChI is InChI=1S/C24H25N3O2/c1-26(18-19-10-5-3-6-11-19)24(29)20-12-9-13-21(16-20)25-17-23(28)27(2)22-14-7-4-8-15-22/h3-16,25H,17-18H2,1-2H3. The molecule has 148 valence electrons. The van der Waals surface area contributed by atoms with Gasteiger partial charge in [-0.25, -0.2) is 0 Å². The van der Waals surface area contributed by atoms with Gasteiger partial charge in [0.2, 0.25) is 5.91 Å². The number of benzene rings is 3. The van der Waals surface area contributed by atoms with E-state index in [1.807, 2.05) is 72.8 Å². The fourth-order valence-electron chi connectivity index (χ4n) is 3.00. The number of para-hydroxylation sites is 1. The van der Waals surface area contributed by atoms with Crippen molar-refractivity contribution in [2.45, 2.75) is 6.54 Å². The summed E-state index contributed by atoms with van der Waals surface area (Å²) < 4.78 is 0. The van der Waals surface area contributed by atoms with Crippen LogP contribution < -0.4 is 10.2 Å². The maximum absolute atomic E-state index is 12.8. The van der Waals surface area contributed by atoms with Crippen LogP contribution in [0.15, 0.2) is 84.9 Å². The monoisotopic (exact) mass is 387 g/mol. The Morgan fingerprint density at radius 3 is 2.17 bits per heavy atom. The summed E-state index contributed by atoms with van der Waals surface area (Å²) >= 11 is 0. The largest absolute Gasteiger partial charge is 0.376 e.